The van der Waals surface area contributed by atoms with Gasteiger partial charge in [0.2, 0.25) is 10.0 Å². The molecule has 2 aromatic rings. The molecular formula is C16H19N3O3S. The highest BCUT2D eigenvalue weighted by Crippen LogP contribution is 2.19. The van der Waals surface area contributed by atoms with Gasteiger partial charge in [-0.25, -0.2) is 13.4 Å². The van der Waals surface area contributed by atoms with Crippen molar-refractivity contribution in [2.24, 2.45) is 5.16 Å². The van der Waals surface area contributed by atoms with E-state index in [1.54, 1.807) is 36.5 Å². The molecule has 23 heavy (non-hydrogen) atoms. The van der Waals surface area contributed by atoms with Gasteiger partial charge in [-0.3, -0.25) is 4.31 Å². The first-order valence-corrected chi connectivity index (χ1v) is 8.85. The first-order valence-electron chi connectivity index (χ1n) is 7.25. The van der Waals surface area contributed by atoms with Gasteiger partial charge in [0, 0.05) is 19.0 Å². The number of unbranched alkanes of at least 4 members (excludes halogenated alkanes) is 1. The number of anilines is 1. The fraction of sp³-hybridized carbons (Fsp3) is 0.250. The zero-order valence-corrected chi connectivity index (χ0v) is 13.4. The highest BCUT2D eigenvalue weighted by atomic mass is 32.2. The number of oxime groups is 1. The van der Waals surface area contributed by atoms with E-state index in [4.69, 9.17) is 5.21 Å². The maximum Gasteiger partial charge on any atom is 0.240 e. The monoisotopic (exact) mass is 333 g/mol. The van der Waals surface area contributed by atoms with Crippen molar-refractivity contribution in [1.82, 2.24) is 4.98 Å². The van der Waals surface area contributed by atoms with Crippen molar-refractivity contribution < 1.29 is 13.6 Å². The van der Waals surface area contributed by atoms with Crippen LogP contribution in [0.4, 0.5) is 5.82 Å². The highest BCUT2D eigenvalue weighted by Gasteiger charge is 2.23. The molecular weight excluding hydrogens is 314 g/mol. The van der Waals surface area contributed by atoms with Gasteiger partial charge < -0.3 is 5.21 Å². The molecule has 0 spiro atoms. The Hall–Kier alpha value is -2.41. The van der Waals surface area contributed by atoms with Crippen molar-refractivity contribution in [3.63, 3.8) is 0 Å². The van der Waals surface area contributed by atoms with E-state index in [9.17, 15) is 8.42 Å². The zero-order chi connectivity index (χ0) is 16.5. The lowest BCUT2D eigenvalue weighted by atomic mass is 10.2. The van der Waals surface area contributed by atoms with E-state index in [1.807, 2.05) is 18.2 Å². The lowest BCUT2D eigenvalue weighted by Gasteiger charge is -2.23. The minimum absolute atomic E-state index is 0.0848. The first kappa shape index (κ1) is 17.0. The molecule has 2 rings (SSSR count). The number of hydrogen-bond donors (Lipinski definition) is 1. The average Bonchev–Trinajstić information content (AvgIpc) is 2.56. The average molecular weight is 333 g/mol. The number of nitrogens with zero attached hydrogens (tertiary/aromatic N) is 3. The summed E-state index contributed by atoms with van der Waals surface area (Å²) in [4.78, 5) is 4.15. The van der Waals surface area contributed by atoms with Gasteiger partial charge in [-0.15, -0.1) is 5.16 Å². The van der Waals surface area contributed by atoms with Crippen molar-refractivity contribution in [3.05, 3.63) is 60.3 Å². The predicted octanol–water partition coefficient (Wildman–Crippen LogP) is 2.66. The quantitative estimate of drug-likeness (QED) is 0.348. The predicted molar refractivity (Wildman–Crippen MR) is 90.2 cm³/mol. The molecule has 1 heterocycles. The fourth-order valence-electron chi connectivity index (χ4n) is 2.14. The number of rotatable bonds is 8. The van der Waals surface area contributed by atoms with Crippen molar-refractivity contribution in [1.29, 1.82) is 0 Å². The van der Waals surface area contributed by atoms with Crippen LogP contribution < -0.4 is 4.31 Å². The molecule has 0 aliphatic heterocycles. The maximum absolute atomic E-state index is 12.8. The van der Waals surface area contributed by atoms with Gasteiger partial charge in [-0.1, -0.05) is 36.4 Å². The van der Waals surface area contributed by atoms with Gasteiger partial charge in [-0.2, -0.15) is 0 Å². The third-order valence-electron chi connectivity index (χ3n) is 3.21. The molecule has 0 aliphatic rings. The molecule has 0 amide bonds. The molecule has 0 saturated carbocycles. The van der Waals surface area contributed by atoms with Crippen molar-refractivity contribution >= 4 is 22.1 Å². The molecule has 7 heteroatoms. The smallest absolute Gasteiger partial charge is 0.240 e. The third-order valence-corrected chi connectivity index (χ3v) is 4.95. The molecule has 0 bridgehead atoms. The number of hydrogen-bond acceptors (Lipinski definition) is 5. The Labute approximate surface area is 136 Å². The normalized spacial score (nSPS) is 11.7. The largest absolute Gasteiger partial charge is 0.411 e. The SMILES string of the molecule is O=S(=O)(Cc1ccccc1)N(CCCC=NO)c1ccccn1. The standard InChI is InChI=1S/C16H19N3O3S/c20-18-12-6-7-13-19(16-10-4-5-11-17-16)23(21,22)14-15-8-2-1-3-9-15/h1-5,8-12,20H,6-7,13-14H2. The van der Waals surface area contributed by atoms with Crippen LogP contribution in [0.15, 0.2) is 59.9 Å². The highest BCUT2D eigenvalue weighted by molar-refractivity contribution is 7.92. The third kappa shape index (κ3) is 5.07. The summed E-state index contributed by atoms with van der Waals surface area (Å²) in [6.45, 7) is 0.276. The Morgan fingerprint density at radius 2 is 1.87 bits per heavy atom. The summed E-state index contributed by atoms with van der Waals surface area (Å²) in [6, 6.07) is 14.2. The number of benzene rings is 1. The van der Waals surface area contributed by atoms with Crippen LogP contribution in [0.2, 0.25) is 0 Å². The van der Waals surface area contributed by atoms with Gasteiger partial charge in [0.1, 0.15) is 5.82 Å². The summed E-state index contributed by atoms with van der Waals surface area (Å²) >= 11 is 0. The number of pyridine rings is 1. The second-order valence-corrected chi connectivity index (χ2v) is 6.84. The van der Waals surface area contributed by atoms with E-state index >= 15 is 0 Å². The Morgan fingerprint density at radius 3 is 2.52 bits per heavy atom. The molecule has 122 valence electrons. The fourth-order valence-corrected chi connectivity index (χ4v) is 3.71. The minimum atomic E-state index is -3.55. The number of sulfonamides is 1. The molecule has 1 aromatic heterocycles. The van der Waals surface area contributed by atoms with Crippen LogP contribution in [0.5, 0.6) is 0 Å². The maximum atomic E-state index is 12.8. The topological polar surface area (TPSA) is 82.9 Å². The Kier molecular flexibility index (Phi) is 6.10. The summed E-state index contributed by atoms with van der Waals surface area (Å²) in [5, 5.41) is 11.4. The molecule has 0 fully saturated rings. The van der Waals surface area contributed by atoms with Crippen molar-refractivity contribution in [3.8, 4) is 0 Å². The van der Waals surface area contributed by atoms with E-state index in [-0.39, 0.29) is 12.3 Å². The molecule has 0 atom stereocenters. The van der Waals surface area contributed by atoms with Gasteiger partial charge in [-0.05, 0) is 30.5 Å². The second-order valence-electron chi connectivity index (χ2n) is 4.94. The molecule has 1 N–H and O–H groups in total. The molecule has 1 aromatic carbocycles. The van der Waals surface area contributed by atoms with Crippen LogP contribution in [-0.4, -0.2) is 31.4 Å². The minimum Gasteiger partial charge on any atom is -0.411 e. The van der Waals surface area contributed by atoms with Crippen LogP contribution in [0.3, 0.4) is 0 Å². The first-order chi connectivity index (χ1) is 11.1. The molecule has 0 unspecified atom stereocenters. The van der Waals surface area contributed by atoms with Gasteiger partial charge in [0.25, 0.3) is 0 Å². The molecule has 6 nitrogen and oxygen atoms in total. The molecule has 0 radical (unpaired) electrons. The van der Waals surface area contributed by atoms with Gasteiger partial charge >= 0.3 is 0 Å². The van der Waals surface area contributed by atoms with E-state index in [1.165, 1.54) is 10.5 Å². The molecule has 0 saturated heterocycles. The van der Waals surface area contributed by atoms with E-state index in [0.29, 0.717) is 18.7 Å². The number of aromatic nitrogens is 1. The van der Waals surface area contributed by atoms with E-state index < -0.39 is 10.0 Å². The summed E-state index contributed by atoms with van der Waals surface area (Å²) in [5.41, 5.74) is 0.727. The summed E-state index contributed by atoms with van der Waals surface area (Å²) in [6.07, 6.45) is 3.94. The second kappa shape index (κ2) is 8.28. The molecule has 0 aliphatic carbocycles. The Balaban J connectivity index is 2.21. The van der Waals surface area contributed by atoms with Crippen LogP contribution in [0, 0.1) is 0 Å². The van der Waals surface area contributed by atoms with Crippen LogP contribution in [-0.2, 0) is 15.8 Å². The lowest BCUT2D eigenvalue weighted by molar-refractivity contribution is 0.320. The zero-order valence-electron chi connectivity index (χ0n) is 12.6. The van der Waals surface area contributed by atoms with Gasteiger partial charge in [0.05, 0.1) is 5.75 Å². The van der Waals surface area contributed by atoms with Crippen LogP contribution in [0.1, 0.15) is 18.4 Å². The summed E-state index contributed by atoms with van der Waals surface area (Å²) < 4.78 is 26.8. The van der Waals surface area contributed by atoms with Crippen LogP contribution >= 0.6 is 0 Å². The van der Waals surface area contributed by atoms with Crippen LogP contribution in [0.25, 0.3) is 0 Å². The van der Waals surface area contributed by atoms with E-state index in [0.717, 1.165) is 5.56 Å². The van der Waals surface area contributed by atoms with Crippen molar-refractivity contribution in [2.45, 2.75) is 18.6 Å². The van der Waals surface area contributed by atoms with E-state index in [2.05, 4.69) is 10.1 Å². The lowest BCUT2D eigenvalue weighted by Crippen LogP contribution is -2.33. The Bertz CT molecular complexity index is 719. The summed E-state index contributed by atoms with van der Waals surface area (Å²) in [7, 11) is -3.55. The Morgan fingerprint density at radius 1 is 1.13 bits per heavy atom. The van der Waals surface area contributed by atoms with Gasteiger partial charge in [0.15, 0.2) is 0 Å². The summed E-state index contributed by atoms with van der Waals surface area (Å²) in [5.74, 6) is 0.308. The van der Waals surface area contributed by atoms with Crippen molar-refractivity contribution in [2.75, 3.05) is 10.8 Å².